The molecule has 4 aromatic carbocycles. The number of hydrogen-bond acceptors (Lipinski definition) is 14. The summed E-state index contributed by atoms with van der Waals surface area (Å²) in [7, 11) is 0. The molecule has 438 valence electrons. The lowest BCUT2D eigenvalue weighted by atomic mass is 10.0. The summed E-state index contributed by atoms with van der Waals surface area (Å²) in [5.41, 5.74) is 6.38. The van der Waals surface area contributed by atoms with Crippen LogP contribution in [0.4, 0.5) is 22.7 Å². The number of carbonyl (C=O) groups is 4. The average molecular weight is 1150 g/mol. The number of fused-ring (bicyclic) bond motifs is 4. The summed E-state index contributed by atoms with van der Waals surface area (Å²) in [5, 5.41) is 7.08. The monoisotopic (exact) mass is 1150 g/mol. The molecule has 0 radical (unpaired) electrons. The molecule has 10 rings (SSSR count). The lowest BCUT2D eigenvalue weighted by Gasteiger charge is -2.36. The third-order valence-electron chi connectivity index (χ3n) is 16.9. The Kier molecular flexibility index (Phi) is 21.9. The Labute approximate surface area is 493 Å². The van der Waals surface area contributed by atoms with Gasteiger partial charge in [-0.2, -0.15) is 0 Å². The third-order valence-corrected chi connectivity index (χ3v) is 18.6. The van der Waals surface area contributed by atoms with E-state index in [1.165, 1.54) is 31.5 Å². The fraction of sp³-hybridized carbons (Fsp3) is 0.515. The van der Waals surface area contributed by atoms with Crippen molar-refractivity contribution in [1.82, 2.24) is 9.80 Å². The number of anilines is 4. The van der Waals surface area contributed by atoms with Gasteiger partial charge in [-0.15, -0.1) is 22.7 Å². The summed E-state index contributed by atoms with van der Waals surface area (Å²) >= 11 is 3.61. The fourth-order valence-corrected chi connectivity index (χ4v) is 13.7. The van der Waals surface area contributed by atoms with Gasteiger partial charge in [0.05, 0.1) is 24.6 Å². The summed E-state index contributed by atoms with van der Waals surface area (Å²) < 4.78 is 26.3. The molecule has 2 saturated heterocycles. The van der Waals surface area contributed by atoms with E-state index in [9.17, 15) is 19.2 Å². The Morgan fingerprint density at radius 3 is 1.27 bits per heavy atom. The van der Waals surface area contributed by atoms with Crippen molar-refractivity contribution in [3.63, 3.8) is 0 Å². The molecular formula is C66H84N6O8S2. The number of hydrogen-bond donors (Lipinski definition) is 0. The second-order valence-electron chi connectivity index (χ2n) is 22.5. The van der Waals surface area contributed by atoms with E-state index in [1.54, 1.807) is 32.5 Å². The zero-order chi connectivity index (χ0) is 56.3. The Hall–Kier alpha value is -6.20. The lowest BCUT2D eigenvalue weighted by Crippen LogP contribution is -2.46. The number of nitrogens with zero attached hydrogens (tertiary/aromatic N) is 6. The van der Waals surface area contributed by atoms with Crippen LogP contribution >= 0.6 is 22.7 Å². The van der Waals surface area contributed by atoms with Gasteiger partial charge in [0, 0.05) is 122 Å². The van der Waals surface area contributed by atoms with E-state index in [0.717, 1.165) is 189 Å². The van der Waals surface area contributed by atoms with Gasteiger partial charge in [-0.25, -0.2) is 0 Å². The molecule has 6 heterocycles. The third kappa shape index (κ3) is 16.3. The van der Waals surface area contributed by atoms with Gasteiger partial charge in [-0.3, -0.25) is 38.8 Å². The van der Waals surface area contributed by atoms with E-state index < -0.39 is 0 Å². The van der Waals surface area contributed by atoms with Gasteiger partial charge in [0.15, 0.2) is 13.5 Å². The number of piperazine rings is 2. The van der Waals surface area contributed by atoms with E-state index in [2.05, 4.69) is 78.9 Å². The van der Waals surface area contributed by atoms with Crippen LogP contribution < -0.4 is 29.1 Å². The van der Waals surface area contributed by atoms with Crippen LogP contribution in [0.15, 0.2) is 95.7 Å². The smallest absolute Gasteiger partial charge is 0.307 e. The van der Waals surface area contributed by atoms with Gasteiger partial charge >= 0.3 is 11.9 Å². The van der Waals surface area contributed by atoms with E-state index in [-0.39, 0.29) is 37.2 Å². The minimum atomic E-state index is -0.274. The molecular weight excluding hydrogens is 1070 g/mol. The molecule has 16 heteroatoms. The van der Waals surface area contributed by atoms with Crippen molar-refractivity contribution in [2.24, 2.45) is 0 Å². The number of amides is 2. The normalized spacial score (nSPS) is 16.0. The molecule has 0 saturated carbocycles. The number of unbranched alkanes of at least 4 members (excludes halogenated alkanes) is 11. The summed E-state index contributed by atoms with van der Waals surface area (Å²) in [6.07, 6.45) is 16.9. The first-order valence-corrected chi connectivity index (χ1v) is 32.4. The molecule has 82 heavy (non-hydrogen) atoms. The van der Waals surface area contributed by atoms with Crippen LogP contribution in [-0.4, -0.2) is 126 Å². The zero-order valence-corrected chi connectivity index (χ0v) is 49.7. The van der Waals surface area contributed by atoms with Crippen LogP contribution in [0.1, 0.15) is 127 Å². The first kappa shape index (κ1) is 59.0. The number of aryl methyl sites for hydroxylation is 2. The highest BCUT2D eigenvalue weighted by molar-refractivity contribution is 7.17. The quantitative estimate of drug-likeness (QED) is 0.0304. The highest BCUT2D eigenvalue weighted by Gasteiger charge is 2.28. The zero-order valence-electron chi connectivity index (χ0n) is 48.0. The van der Waals surface area contributed by atoms with Crippen molar-refractivity contribution in [3.8, 4) is 11.5 Å². The van der Waals surface area contributed by atoms with Gasteiger partial charge in [0.25, 0.3) is 0 Å². The number of carbonyl (C=O) groups excluding carboxylic acids is 4. The Morgan fingerprint density at radius 1 is 0.427 bits per heavy atom. The number of rotatable bonds is 31. The van der Waals surface area contributed by atoms with E-state index in [4.69, 9.17) is 18.9 Å². The van der Waals surface area contributed by atoms with Crippen molar-refractivity contribution >= 4 is 89.3 Å². The van der Waals surface area contributed by atoms with Crippen LogP contribution in [-0.2, 0) is 41.5 Å². The topological polar surface area (TPSA) is 125 Å². The lowest BCUT2D eigenvalue weighted by molar-refractivity contribution is -0.145. The molecule has 0 N–H and O–H groups in total. The van der Waals surface area contributed by atoms with Crippen molar-refractivity contribution in [2.45, 2.75) is 128 Å². The molecule has 0 unspecified atom stereocenters. The Morgan fingerprint density at radius 2 is 0.841 bits per heavy atom. The van der Waals surface area contributed by atoms with E-state index >= 15 is 0 Å². The highest BCUT2D eigenvalue weighted by atomic mass is 32.1. The van der Waals surface area contributed by atoms with Gasteiger partial charge in [0.2, 0.25) is 11.8 Å². The van der Waals surface area contributed by atoms with Crippen molar-refractivity contribution in [1.29, 1.82) is 0 Å². The van der Waals surface area contributed by atoms with Gasteiger partial charge in [0.1, 0.15) is 11.5 Å². The molecule has 14 nitrogen and oxygen atoms in total. The SMILES string of the molecule is O=C(CCCCCCCCCCCCC(=O)OCN1C(=O)CCc2ccc(OCCCCN3CCN(c4cccc5sccc45)CC3)cc21)OCN1C(=O)CCc2ccc(OCCCCN3CCN(c4cccc5sccc45)CC3)cc21. The van der Waals surface area contributed by atoms with E-state index in [1.807, 2.05) is 36.4 Å². The number of thiophene rings is 2. The molecule has 2 amide bonds. The first-order valence-electron chi connectivity index (χ1n) is 30.6. The number of benzene rings is 4. The minimum Gasteiger partial charge on any atom is -0.494 e. The van der Waals surface area contributed by atoms with Crippen LogP contribution in [0, 0.1) is 0 Å². The Bertz CT molecular complexity index is 2840. The molecule has 0 aliphatic carbocycles. The second kappa shape index (κ2) is 30.4. The second-order valence-corrected chi connectivity index (χ2v) is 24.4. The average Bonchev–Trinajstić information content (AvgIpc) is 4.36. The molecule has 6 aromatic rings. The fourth-order valence-electron chi connectivity index (χ4n) is 12.1. The molecule has 4 aliphatic rings. The molecule has 0 bridgehead atoms. The first-order chi connectivity index (χ1) is 40.3. The molecule has 0 atom stereocenters. The van der Waals surface area contributed by atoms with Crippen LogP contribution in [0.3, 0.4) is 0 Å². The molecule has 2 aromatic heterocycles. The number of ether oxygens (including phenoxy) is 4. The maximum atomic E-state index is 13.0. The molecule has 4 aliphatic heterocycles. The molecule has 0 spiro atoms. The summed E-state index contributed by atoms with van der Waals surface area (Å²) in [5.74, 6) is 0.838. The van der Waals surface area contributed by atoms with Gasteiger partial charge < -0.3 is 28.7 Å². The highest BCUT2D eigenvalue weighted by Crippen LogP contribution is 2.35. The largest absolute Gasteiger partial charge is 0.494 e. The maximum Gasteiger partial charge on any atom is 0.307 e. The van der Waals surface area contributed by atoms with Gasteiger partial charge in [-0.1, -0.05) is 75.6 Å². The van der Waals surface area contributed by atoms with Crippen LogP contribution in [0.5, 0.6) is 11.5 Å². The van der Waals surface area contributed by atoms with Crippen molar-refractivity contribution in [2.75, 3.05) is 112 Å². The van der Waals surface area contributed by atoms with E-state index in [0.29, 0.717) is 51.7 Å². The van der Waals surface area contributed by atoms with Crippen molar-refractivity contribution < 1.29 is 38.1 Å². The standard InChI is InChI=1S/C66H84N6O8S2/c73-63-29-25-51-23-27-53(77-43-13-11-33-67-35-39-69(40-36-67)57-17-15-19-61-55(57)31-45-81-61)47-59(51)71(63)49-79-65(75)21-9-7-5-3-1-2-4-6-8-10-22-66(76)80-50-72-60-48-54(28-24-52(60)26-30-64(72)74)78-44-14-12-34-68-37-41-70(42-38-68)58-18-16-20-62-56(58)32-46-82-62/h15-20,23-24,27-28,31-32,45-48H,1-14,21-22,25-26,29-30,33-44,49-50H2. The minimum absolute atomic E-state index is 0.0392. The van der Waals surface area contributed by atoms with Crippen LogP contribution in [0.25, 0.3) is 20.2 Å². The predicted octanol–water partition coefficient (Wildman–Crippen LogP) is 13.0. The summed E-state index contributed by atoms with van der Waals surface area (Å²) in [6, 6.07) is 29.6. The summed E-state index contributed by atoms with van der Waals surface area (Å²) in [6.45, 7) is 11.6. The van der Waals surface area contributed by atoms with Gasteiger partial charge in [-0.05, 0) is 135 Å². The number of esters is 2. The van der Waals surface area contributed by atoms with Crippen molar-refractivity contribution in [3.05, 3.63) is 107 Å². The van der Waals surface area contributed by atoms with Crippen LogP contribution in [0.2, 0.25) is 0 Å². The molecule has 2 fully saturated rings. The Balaban J connectivity index is 0.523. The predicted molar refractivity (Wildman–Crippen MR) is 332 cm³/mol. The summed E-state index contributed by atoms with van der Waals surface area (Å²) in [4.78, 5) is 64.9. The maximum absolute atomic E-state index is 13.0.